The molecule has 0 aliphatic carbocycles. The summed E-state index contributed by atoms with van der Waals surface area (Å²) in [4.78, 5) is 21.9. The molecule has 1 heterocycles. The lowest BCUT2D eigenvalue weighted by Gasteiger charge is -2.23. The number of hydrogen-bond donors (Lipinski definition) is 3. The normalized spacial score (nSPS) is 19.1. The molecular weight excluding hydrogens is 184 g/mol. The van der Waals surface area contributed by atoms with E-state index in [1.807, 2.05) is 0 Å². The van der Waals surface area contributed by atoms with E-state index in [2.05, 4.69) is 10.6 Å². The molecule has 0 saturated heterocycles. The first-order valence-electron chi connectivity index (χ1n) is 4.08. The van der Waals surface area contributed by atoms with Crippen molar-refractivity contribution in [3.63, 3.8) is 0 Å². The van der Waals surface area contributed by atoms with Gasteiger partial charge in [0.25, 0.3) is 5.91 Å². The molecule has 72 valence electrons. The highest BCUT2D eigenvalue weighted by molar-refractivity contribution is 6.13. The van der Waals surface area contributed by atoms with E-state index in [0.29, 0.717) is 11.4 Å². The molecule has 1 aromatic rings. The molecule has 3 N–H and O–H groups in total. The lowest BCUT2D eigenvalue weighted by molar-refractivity contribution is -0.140. The number of carbonyl (C=O) groups excluding carboxylic acids is 1. The molecule has 0 saturated carbocycles. The van der Waals surface area contributed by atoms with Crippen LogP contribution in [-0.4, -0.2) is 23.0 Å². The van der Waals surface area contributed by atoms with Crippen LogP contribution in [0.4, 0.5) is 11.4 Å². The van der Waals surface area contributed by atoms with Gasteiger partial charge in [0.2, 0.25) is 6.04 Å². The lowest BCUT2D eigenvalue weighted by Crippen LogP contribution is -2.44. The Morgan fingerprint density at radius 2 is 1.93 bits per heavy atom. The van der Waals surface area contributed by atoms with Gasteiger partial charge in [0, 0.05) is 0 Å². The molecule has 1 aromatic carbocycles. The molecule has 0 aromatic heterocycles. The average molecular weight is 192 g/mol. The van der Waals surface area contributed by atoms with E-state index in [1.165, 1.54) is 0 Å². The summed E-state index contributed by atoms with van der Waals surface area (Å²) in [6, 6.07) is 5.75. The Balaban J connectivity index is 2.36. The zero-order chi connectivity index (χ0) is 10.1. The zero-order valence-corrected chi connectivity index (χ0v) is 7.15. The third-order valence-electron chi connectivity index (χ3n) is 1.99. The van der Waals surface area contributed by atoms with E-state index in [9.17, 15) is 9.59 Å². The van der Waals surface area contributed by atoms with E-state index in [4.69, 9.17) is 5.11 Å². The SMILES string of the molecule is O=C(O)C1Nc2ccccc2NC1=O. The Labute approximate surface area is 79.7 Å². The molecule has 0 fully saturated rings. The molecule has 1 aliphatic rings. The Kier molecular flexibility index (Phi) is 1.85. The van der Waals surface area contributed by atoms with Crippen molar-refractivity contribution < 1.29 is 14.7 Å². The van der Waals surface area contributed by atoms with Crippen LogP contribution in [0.15, 0.2) is 24.3 Å². The van der Waals surface area contributed by atoms with Crippen LogP contribution in [0.5, 0.6) is 0 Å². The Hall–Kier alpha value is -2.04. The van der Waals surface area contributed by atoms with Gasteiger partial charge in [0.05, 0.1) is 11.4 Å². The minimum absolute atomic E-state index is 0.545. The van der Waals surface area contributed by atoms with Crippen LogP contribution in [-0.2, 0) is 9.59 Å². The number of fused-ring (bicyclic) bond motifs is 1. The molecule has 5 heteroatoms. The molecule has 1 unspecified atom stereocenters. The van der Waals surface area contributed by atoms with Crippen LogP contribution in [0, 0.1) is 0 Å². The van der Waals surface area contributed by atoms with E-state index < -0.39 is 17.9 Å². The largest absolute Gasteiger partial charge is 0.479 e. The second-order valence-electron chi connectivity index (χ2n) is 2.95. The van der Waals surface area contributed by atoms with Crippen LogP contribution >= 0.6 is 0 Å². The number of benzene rings is 1. The van der Waals surface area contributed by atoms with Crippen molar-refractivity contribution in [1.29, 1.82) is 0 Å². The predicted molar refractivity (Wildman–Crippen MR) is 50.1 cm³/mol. The third kappa shape index (κ3) is 1.28. The maximum absolute atomic E-state index is 11.2. The van der Waals surface area contributed by atoms with Crippen molar-refractivity contribution >= 4 is 23.3 Å². The van der Waals surface area contributed by atoms with Crippen molar-refractivity contribution in [3.05, 3.63) is 24.3 Å². The van der Waals surface area contributed by atoms with Crippen LogP contribution in [0.2, 0.25) is 0 Å². The molecule has 2 rings (SSSR count). The van der Waals surface area contributed by atoms with Gasteiger partial charge in [-0.3, -0.25) is 4.79 Å². The van der Waals surface area contributed by atoms with Gasteiger partial charge >= 0.3 is 5.97 Å². The molecule has 5 nitrogen and oxygen atoms in total. The van der Waals surface area contributed by atoms with E-state index in [-0.39, 0.29) is 0 Å². The van der Waals surface area contributed by atoms with Gasteiger partial charge in [-0.25, -0.2) is 4.79 Å². The summed E-state index contributed by atoms with van der Waals surface area (Å²) in [5, 5.41) is 13.9. The summed E-state index contributed by atoms with van der Waals surface area (Å²) >= 11 is 0. The highest BCUT2D eigenvalue weighted by Gasteiger charge is 2.30. The maximum atomic E-state index is 11.2. The fraction of sp³-hybridized carbons (Fsp3) is 0.111. The van der Waals surface area contributed by atoms with Crippen LogP contribution in [0.3, 0.4) is 0 Å². The minimum Gasteiger partial charge on any atom is -0.479 e. The van der Waals surface area contributed by atoms with Crippen molar-refractivity contribution in [3.8, 4) is 0 Å². The fourth-order valence-electron chi connectivity index (χ4n) is 1.32. The van der Waals surface area contributed by atoms with Crippen molar-refractivity contribution in [2.24, 2.45) is 0 Å². The average Bonchev–Trinajstić information content (AvgIpc) is 2.16. The minimum atomic E-state index is -1.20. The molecule has 1 amide bonds. The third-order valence-corrected chi connectivity index (χ3v) is 1.99. The van der Waals surface area contributed by atoms with E-state index >= 15 is 0 Å². The monoisotopic (exact) mass is 192 g/mol. The number of carboxylic acid groups (broad SMARTS) is 1. The predicted octanol–water partition coefficient (Wildman–Crippen LogP) is 0.504. The zero-order valence-electron chi connectivity index (χ0n) is 7.15. The Morgan fingerprint density at radius 1 is 1.29 bits per heavy atom. The summed E-state index contributed by atoms with van der Waals surface area (Å²) in [7, 11) is 0. The van der Waals surface area contributed by atoms with Gasteiger partial charge in [0.1, 0.15) is 0 Å². The number of carboxylic acids is 1. The molecular formula is C9H8N2O3. The lowest BCUT2D eigenvalue weighted by atomic mass is 10.1. The van der Waals surface area contributed by atoms with Crippen molar-refractivity contribution in [2.75, 3.05) is 10.6 Å². The number of amides is 1. The Morgan fingerprint density at radius 3 is 2.57 bits per heavy atom. The van der Waals surface area contributed by atoms with E-state index in [1.54, 1.807) is 24.3 Å². The van der Waals surface area contributed by atoms with Gasteiger partial charge in [-0.15, -0.1) is 0 Å². The van der Waals surface area contributed by atoms with E-state index in [0.717, 1.165) is 0 Å². The van der Waals surface area contributed by atoms with Crippen molar-refractivity contribution in [2.45, 2.75) is 6.04 Å². The van der Waals surface area contributed by atoms with Crippen molar-refractivity contribution in [1.82, 2.24) is 0 Å². The van der Waals surface area contributed by atoms with Gasteiger partial charge in [-0.05, 0) is 12.1 Å². The number of anilines is 2. The summed E-state index contributed by atoms with van der Waals surface area (Å²) in [5.74, 6) is -1.73. The number of nitrogens with one attached hydrogen (secondary N) is 2. The molecule has 14 heavy (non-hydrogen) atoms. The second kappa shape index (κ2) is 3.02. The number of aliphatic carboxylic acids is 1. The standard InChI is InChI=1S/C9H8N2O3/c12-8-7(9(13)14)10-5-3-1-2-4-6(5)11-8/h1-4,7,10H,(H,11,12)(H,13,14). The highest BCUT2D eigenvalue weighted by Crippen LogP contribution is 2.25. The summed E-state index contributed by atoms with van der Waals surface area (Å²) in [5.41, 5.74) is 1.23. The summed E-state index contributed by atoms with van der Waals surface area (Å²) < 4.78 is 0. The first-order valence-corrected chi connectivity index (χ1v) is 4.08. The number of para-hydroxylation sites is 2. The number of carbonyl (C=O) groups is 2. The maximum Gasteiger partial charge on any atom is 0.336 e. The molecule has 1 aliphatic heterocycles. The first kappa shape index (κ1) is 8.55. The van der Waals surface area contributed by atoms with Crippen LogP contribution in [0.1, 0.15) is 0 Å². The quantitative estimate of drug-likeness (QED) is 0.566. The fourth-order valence-corrected chi connectivity index (χ4v) is 1.32. The topological polar surface area (TPSA) is 78.4 Å². The number of rotatable bonds is 1. The van der Waals surface area contributed by atoms with Gasteiger partial charge in [0.15, 0.2) is 0 Å². The van der Waals surface area contributed by atoms with Crippen LogP contribution in [0.25, 0.3) is 0 Å². The summed E-state index contributed by atoms with van der Waals surface area (Å²) in [6.45, 7) is 0. The smallest absolute Gasteiger partial charge is 0.336 e. The van der Waals surface area contributed by atoms with Crippen LogP contribution < -0.4 is 10.6 Å². The molecule has 0 spiro atoms. The number of hydrogen-bond acceptors (Lipinski definition) is 3. The van der Waals surface area contributed by atoms with Gasteiger partial charge in [-0.1, -0.05) is 12.1 Å². The summed E-state index contributed by atoms with van der Waals surface area (Å²) in [6.07, 6.45) is 0. The Bertz CT molecular complexity index is 403. The first-order chi connectivity index (χ1) is 6.68. The van der Waals surface area contributed by atoms with Gasteiger partial charge in [-0.2, -0.15) is 0 Å². The molecule has 0 radical (unpaired) electrons. The molecule has 1 atom stereocenters. The van der Waals surface area contributed by atoms with Gasteiger partial charge < -0.3 is 15.7 Å². The molecule has 0 bridgehead atoms. The second-order valence-corrected chi connectivity index (χ2v) is 2.95. The highest BCUT2D eigenvalue weighted by atomic mass is 16.4.